The lowest BCUT2D eigenvalue weighted by atomic mass is 10.2. The van der Waals surface area contributed by atoms with Crippen molar-refractivity contribution in [2.45, 2.75) is 12.5 Å². The van der Waals surface area contributed by atoms with Crippen molar-refractivity contribution in [3.8, 4) is 5.75 Å². The van der Waals surface area contributed by atoms with Gasteiger partial charge in [-0.1, -0.05) is 11.6 Å². The Morgan fingerprint density at radius 3 is 2.96 bits per heavy atom. The molecule has 1 saturated heterocycles. The number of aromatic nitrogens is 2. The van der Waals surface area contributed by atoms with E-state index in [0.717, 1.165) is 18.0 Å². The Bertz CT molecular complexity index is 738. The summed E-state index contributed by atoms with van der Waals surface area (Å²) < 4.78 is 6.07. The van der Waals surface area contributed by atoms with Crippen LogP contribution >= 0.6 is 11.6 Å². The Morgan fingerprint density at radius 1 is 1.38 bits per heavy atom. The number of likely N-dealkylation sites (tertiary alicyclic amines) is 1. The van der Waals surface area contributed by atoms with Crippen LogP contribution in [0.3, 0.4) is 0 Å². The number of ether oxygens (including phenoxy) is 1. The summed E-state index contributed by atoms with van der Waals surface area (Å²) in [6.45, 7) is 1.17. The second-order valence-corrected chi connectivity index (χ2v) is 6.26. The fraction of sp³-hybridized carbons (Fsp3) is 0.353. The minimum absolute atomic E-state index is 0.0579. The first kappa shape index (κ1) is 16.5. The number of hydrogen-bond donors (Lipinski definition) is 0. The lowest BCUT2D eigenvalue weighted by Gasteiger charge is -2.20. The largest absolute Gasteiger partial charge is 0.485 e. The van der Waals surface area contributed by atoms with Crippen LogP contribution in [-0.4, -0.2) is 54.1 Å². The average molecular weight is 347 g/mol. The number of anilines is 1. The molecule has 0 aromatic carbocycles. The van der Waals surface area contributed by atoms with Crippen LogP contribution in [0.2, 0.25) is 5.02 Å². The quantitative estimate of drug-likeness (QED) is 0.851. The molecule has 24 heavy (non-hydrogen) atoms. The van der Waals surface area contributed by atoms with Crippen molar-refractivity contribution in [3.05, 3.63) is 47.4 Å². The molecule has 3 rings (SSSR count). The molecule has 1 aliphatic heterocycles. The van der Waals surface area contributed by atoms with Crippen LogP contribution in [0.4, 0.5) is 5.82 Å². The minimum atomic E-state index is -0.0903. The topological polar surface area (TPSA) is 58.6 Å². The molecule has 126 valence electrons. The van der Waals surface area contributed by atoms with E-state index in [1.54, 1.807) is 23.4 Å². The third kappa shape index (κ3) is 3.43. The molecular formula is C17H19ClN4O2. The highest BCUT2D eigenvalue weighted by molar-refractivity contribution is 6.33. The van der Waals surface area contributed by atoms with Gasteiger partial charge in [-0.3, -0.25) is 9.78 Å². The molecule has 3 heterocycles. The summed E-state index contributed by atoms with van der Waals surface area (Å²) in [6, 6.07) is 5.38. The summed E-state index contributed by atoms with van der Waals surface area (Å²) in [7, 11) is 3.84. The number of pyridine rings is 2. The lowest BCUT2D eigenvalue weighted by Crippen LogP contribution is -2.31. The molecule has 0 N–H and O–H groups in total. The van der Waals surface area contributed by atoms with Crippen LogP contribution in [0.25, 0.3) is 0 Å². The Balaban J connectivity index is 1.68. The van der Waals surface area contributed by atoms with Crippen LogP contribution < -0.4 is 9.64 Å². The normalized spacial score (nSPS) is 17.0. The first-order valence-corrected chi connectivity index (χ1v) is 8.12. The van der Waals surface area contributed by atoms with E-state index in [0.29, 0.717) is 23.7 Å². The standard InChI is InChI=1S/C17H19ClN4O2/c1-21(2)16-15(4-3-7-20-16)24-12-6-9-22(11-12)17(23)13-5-8-19-10-14(13)18/h3-5,7-8,10,12H,6,9,11H2,1-2H3. The number of halogens is 1. The number of carbonyl (C=O) groups excluding carboxylic acids is 1. The van der Waals surface area contributed by atoms with Gasteiger partial charge < -0.3 is 14.5 Å². The van der Waals surface area contributed by atoms with Gasteiger partial charge in [0.1, 0.15) is 6.10 Å². The smallest absolute Gasteiger partial charge is 0.255 e. The number of carbonyl (C=O) groups is 1. The van der Waals surface area contributed by atoms with E-state index < -0.39 is 0 Å². The van der Waals surface area contributed by atoms with Crippen molar-refractivity contribution in [1.82, 2.24) is 14.9 Å². The van der Waals surface area contributed by atoms with Crippen molar-refractivity contribution in [1.29, 1.82) is 0 Å². The van der Waals surface area contributed by atoms with Crippen molar-refractivity contribution < 1.29 is 9.53 Å². The van der Waals surface area contributed by atoms with E-state index in [1.165, 1.54) is 6.20 Å². The fourth-order valence-electron chi connectivity index (χ4n) is 2.72. The van der Waals surface area contributed by atoms with Gasteiger partial charge in [-0.25, -0.2) is 4.98 Å². The molecule has 0 radical (unpaired) electrons. The zero-order valence-corrected chi connectivity index (χ0v) is 14.4. The Labute approximate surface area is 146 Å². The van der Waals surface area contributed by atoms with E-state index in [9.17, 15) is 4.79 Å². The fourth-order valence-corrected chi connectivity index (χ4v) is 2.92. The summed E-state index contributed by atoms with van der Waals surface area (Å²) in [4.78, 5) is 24.5. The molecule has 1 aliphatic rings. The first-order chi connectivity index (χ1) is 11.6. The predicted octanol–water partition coefficient (Wildman–Crippen LogP) is 2.49. The highest BCUT2D eigenvalue weighted by Gasteiger charge is 2.29. The van der Waals surface area contributed by atoms with Gasteiger partial charge >= 0.3 is 0 Å². The van der Waals surface area contributed by atoms with E-state index in [2.05, 4.69) is 9.97 Å². The van der Waals surface area contributed by atoms with Gasteiger partial charge in [0.05, 0.1) is 17.1 Å². The van der Waals surface area contributed by atoms with Gasteiger partial charge in [0.25, 0.3) is 5.91 Å². The molecule has 0 saturated carbocycles. The number of hydrogen-bond acceptors (Lipinski definition) is 5. The maximum absolute atomic E-state index is 12.6. The van der Waals surface area contributed by atoms with E-state index in [4.69, 9.17) is 16.3 Å². The molecule has 1 amide bonds. The SMILES string of the molecule is CN(C)c1ncccc1OC1CCN(C(=O)c2ccncc2Cl)C1. The maximum Gasteiger partial charge on any atom is 0.255 e. The molecule has 0 bridgehead atoms. The molecule has 2 aromatic heterocycles. The van der Waals surface area contributed by atoms with Crippen molar-refractivity contribution >= 4 is 23.3 Å². The molecule has 0 spiro atoms. The molecule has 2 aromatic rings. The van der Waals surface area contributed by atoms with Gasteiger partial charge in [0, 0.05) is 45.7 Å². The maximum atomic E-state index is 12.6. The summed E-state index contributed by atoms with van der Waals surface area (Å²) in [5.74, 6) is 1.41. The van der Waals surface area contributed by atoms with Crippen molar-refractivity contribution in [2.24, 2.45) is 0 Å². The Kier molecular flexibility index (Phi) is 4.85. The summed E-state index contributed by atoms with van der Waals surface area (Å²) >= 11 is 6.06. The highest BCUT2D eigenvalue weighted by atomic mass is 35.5. The lowest BCUT2D eigenvalue weighted by molar-refractivity contribution is 0.0772. The van der Waals surface area contributed by atoms with Crippen LogP contribution in [0.15, 0.2) is 36.8 Å². The number of rotatable bonds is 4. The summed E-state index contributed by atoms with van der Waals surface area (Å²) in [5.41, 5.74) is 0.475. The van der Waals surface area contributed by atoms with Gasteiger partial charge in [0.15, 0.2) is 11.6 Å². The minimum Gasteiger partial charge on any atom is -0.485 e. The van der Waals surface area contributed by atoms with Crippen molar-refractivity contribution in [2.75, 3.05) is 32.1 Å². The van der Waals surface area contributed by atoms with E-state index >= 15 is 0 Å². The van der Waals surface area contributed by atoms with Gasteiger partial charge in [-0.2, -0.15) is 0 Å². The van der Waals surface area contributed by atoms with Crippen LogP contribution in [-0.2, 0) is 0 Å². The third-order valence-corrected chi connectivity index (χ3v) is 4.20. The summed E-state index contributed by atoms with van der Waals surface area (Å²) in [5, 5.41) is 0.369. The van der Waals surface area contributed by atoms with Crippen LogP contribution in [0, 0.1) is 0 Å². The molecule has 1 atom stereocenters. The first-order valence-electron chi connectivity index (χ1n) is 7.74. The molecule has 0 aliphatic carbocycles. The Morgan fingerprint density at radius 2 is 2.21 bits per heavy atom. The van der Waals surface area contributed by atoms with E-state index in [-0.39, 0.29) is 12.0 Å². The van der Waals surface area contributed by atoms with Gasteiger partial charge in [-0.15, -0.1) is 0 Å². The Hall–Kier alpha value is -2.34. The average Bonchev–Trinajstić information content (AvgIpc) is 3.03. The number of amides is 1. The zero-order chi connectivity index (χ0) is 17.1. The second kappa shape index (κ2) is 7.05. The molecular weight excluding hydrogens is 328 g/mol. The summed E-state index contributed by atoms with van der Waals surface area (Å²) in [6.07, 6.45) is 5.51. The zero-order valence-electron chi connectivity index (χ0n) is 13.6. The van der Waals surface area contributed by atoms with E-state index in [1.807, 2.05) is 31.1 Å². The second-order valence-electron chi connectivity index (χ2n) is 5.85. The number of nitrogens with zero attached hydrogens (tertiary/aromatic N) is 4. The van der Waals surface area contributed by atoms with Crippen LogP contribution in [0.1, 0.15) is 16.8 Å². The van der Waals surface area contributed by atoms with Crippen molar-refractivity contribution in [3.63, 3.8) is 0 Å². The van der Waals surface area contributed by atoms with Crippen LogP contribution in [0.5, 0.6) is 5.75 Å². The van der Waals surface area contributed by atoms with Gasteiger partial charge in [-0.05, 0) is 18.2 Å². The molecule has 7 heteroatoms. The molecule has 1 fully saturated rings. The van der Waals surface area contributed by atoms with Gasteiger partial charge in [0.2, 0.25) is 0 Å². The molecule has 1 unspecified atom stereocenters. The monoisotopic (exact) mass is 346 g/mol. The third-order valence-electron chi connectivity index (χ3n) is 3.90. The highest BCUT2D eigenvalue weighted by Crippen LogP contribution is 2.27. The predicted molar refractivity (Wildman–Crippen MR) is 92.7 cm³/mol. The molecule has 6 nitrogen and oxygen atoms in total.